The van der Waals surface area contributed by atoms with E-state index in [1.54, 1.807) is 24.4 Å². The summed E-state index contributed by atoms with van der Waals surface area (Å²) in [7, 11) is 1.93. The van der Waals surface area contributed by atoms with Crippen LogP contribution < -0.4 is 15.8 Å². The molecular weight excluding hydrogens is 476 g/mol. The van der Waals surface area contributed by atoms with Gasteiger partial charge in [0.25, 0.3) is 5.91 Å². The highest BCUT2D eigenvalue weighted by molar-refractivity contribution is 7.13. The molecule has 10 heteroatoms. The molecule has 3 rings (SSSR count). The van der Waals surface area contributed by atoms with Crippen LogP contribution in [0, 0.1) is 5.41 Å². The lowest BCUT2D eigenvalue weighted by atomic mass is 9.80. The number of carbonyl (C=O) groups excluding carboxylic acids is 1. The second-order valence-electron chi connectivity index (χ2n) is 7.95. The van der Waals surface area contributed by atoms with Gasteiger partial charge < -0.3 is 30.9 Å². The minimum absolute atomic E-state index is 0.0434. The van der Waals surface area contributed by atoms with Gasteiger partial charge in [-0.15, -0.1) is 11.3 Å². The highest BCUT2D eigenvalue weighted by Gasteiger charge is 2.48. The molecule has 4 N–H and O–H groups in total. The number of nitrogens with one attached hydrogen (secondary N) is 2. The smallest absolute Gasteiger partial charge is 0.276 e. The molecule has 0 unspecified atom stereocenters. The summed E-state index contributed by atoms with van der Waals surface area (Å²) in [6.45, 7) is 18.2. The number of nitrogens with two attached hydrogens (primary N) is 1. The Labute approximate surface area is 218 Å². The largest absolute Gasteiger partial charge is 0.490 e. The first-order valence-electron chi connectivity index (χ1n) is 12.0. The third-order valence-electron chi connectivity index (χ3n) is 5.48. The number of carbonyl (C=O) groups is 1. The second-order valence-corrected chi connectivity index (χ2v) is 8.84. The number of amides is 1. The number of hydrogen-bond donors (Lipinski definition) is 3. The van der Waals surface area contributed by atoms with Gasteiger partial charge in [0.2, 0.25) is 0 Å². The maximum absolute atomic E-state index is 13.0. The molecule has 1 saturated heterocycles. The number of rotatable bonds is 9. The van der Waals surface area contributed by atoms with Crippen LogP contribution >= 0.6 is 11.3 Å². The molecule has 0 aliphatic carbocycles. The molecule has 0 saturated carbocycles. The van der Waals surface area contributed by atoms with Crippen molar-refractivity contribution in [1.29, 1.82) is 5.41 Å². The van der Waals surface area contributed by atoms with Crippen molar-refractivity contribution in [3.8, 4) is 5.75 Å². The van der Waals surface area contributed by atoms with Gasteiger partial charge in [0, 0.05) is 23.8 Å². The predicted molar refractivity (Wildman–Crippen MR) is 149 cm³/mol. The molecular formula is C26H40N6O3S. The van der Waals surface area contributed by atoms with Crippen LogP contribution in [0.2, 0.25) is 0 Å². The Hall–Kier alpha value is -3.40. The van der Waals surface area contributed by atoms with E-state index in [1.165, 1.54) is 11.3 Å². The van der Waals surface area contributed by atoms with Crippen LogP contribution in [0.5, 0.6) is 5.75 Å². The number of hydrogen-bond acceptors (Lipinski definition) is 9. The number of aromatic nitrogens is 1. The van der Waals surface area contributed by atoms with Crippen molar-refractivity contribution in [2.75, 3.05) is 26.0 Å². The van der Waals surface area contributed by atoms with E-state index in [4.69, 9.17) is 20.7 Å². The standard InChI is InChI=1S/C22H28N6O3S.2C2H6/c1-13(23)15-6-8-16(9-7-15)30-10-11-31-27-18(17-12-32-21(24)25-17)20(29)26-19-14(2)28(5)22(19,3)4;2*1-2/h6-9,12,19,23H,2,10-11H2,1,3-5H3,(H2,24,25)(H,26,29);2*1-2H3/b23-13?,27-18-;;/t19-;;/m1../s1. The molecule has 0 radical (unpaired) electrons. The van der Waals surface area contributed by atoms with E-state index in [9.17, 15) is 4.79 Å². The Morgan fingerprint density at radius 1 is 1.25 bits per heavy atom. The van der Waals surface area contributed by atoms with Gasteiger partial charge in [0.05, 0.1) is 11.6 Å². The van der Waals surface area contributed by atoms with E-state index in [-0.39, 0.29) is 30.5 Å². The van der Waals surface area contributed by atoms with E-state index in [1.807, 2.05) is 65.6 Å². The fraction of sp³-hybridized carbons (Fsp3) is 0.462. The molecule has 1 amide bonds. The Morgan fingerprint density at radius 3 is 2.36 bits per heavy atom. The molecule has 1 aromatic heterocycles. The van der Waals surface area contributed by atoms with Gasteiger partial charge in [-0.25, -0.2) is 4.98 Å². The molecule has 36 heavy (non-hydrogen) atoms. The molecule has 1 aromatic carbocycles. The minimum atomic E-state index is -0.416. The van der Waals surface area contributed by atoms with Gasteiger partial charge in [-0.1, -0.05) is 39.4 Å². The third kappa shape index (κ3) is 7.55. The van der Waals surface area contributed by atoms with Crippen LogP contribution in [0.1, 0.15) is 59.7 Å². The van der Waals surface area contributed by atoms with Gasteiger partial charge >= 0.3 is 0 Å². The van der Waals surface area contributed by atoms with Crippen LogP contribution in [0.4, 0.5) is 5.13 Å². The first-order chi connectivity index (χ1) is 17.1. The number of anilines is 1. The fourth-order valence-corrected chi connectivity index (χ4v) is 3.82. The molecule has 2 heterocycles. The molecule has 2 aromatic rings. The maximum atomic E-state index is 13.0. The van der Waals surface area contributed by atoms with Crippen molar-refractivity contribution in [3.63, 3.8) is 0 Å². The van der Waals surface area contributed by atoms with Crippen molar-refractivity contribution in [3.05, 3.63) is 53.2 Å². The Balaban J connectivity index is 0.00000154. The van der Waals surface area contributed by atoms with Crippen molar-refractivity contribution in [2.24, 2.45) is 5.16 Å². The van der Waals surface area contributed by atoms with E-state index < -0.39 is 5.91 Å². The number of oxime groups is 1. The highest BCUT2D eigenvalue weighted by Crippen LogP contribution is 2.36. The van der Waals surface area contributed by atoms with Crippen molar-refractivity contribution in [2.45, 2.75) is 60.0 Å². The average molecular weight is 517 g/mol. The molecule has 1 fully saturated rings. The Kier molecular flexibility index (Phi) is 12.1. The minimum Gasteiger partial charge on any atom is -0.490 e. The Bertz CT molecular complexity index is 1050. The monoisotopic (exact) mass is 516 g/mol. The van der Waals surface area contributed by atoms with E-state index in [0.29, 0.717) is 22.3 Å². The van der Waals surface area contributed by atoms with Crippen LogP contribution in [0.25, 0.3) is 0 Å². The number of likely N-dealkylation sites (tertiary alicyclic amines) is 1. The highest BCUT2D eigenvalue weighted by atomic mass is 32.1. The number of ether oxygens (including phenoxy) is 1. The van der Waals surface area contributed by atoms with Crippen molar-refractivity contribution < 1.29 is 14.4 Å². The second kappa shape index (κ2) is 14.2. The van der Waals surface area contributed by atoms with Crippen LogP contribution in [0.3, 0.4) is 0 Å². The van der Waals surface area contributed by atoms with Crippen LogP contribution in [0.15, 0.2) is 47.1 Å². The number of benzene rings is 1. The zero-order chi connectivity index (χ0) is 27.5. The summed E-state index contributed by atoms with van der Waals surface area (Å²) in [5.41, 5.74) is 8.00. The summed E-state index contributed by atoms with van der Waals surface area (Å²) in [6, 6.07) is 6.99. The summed E-state index contributed by atoms with van der Waals surface area (Å²) in [6.07, 6.45) is 0. The van der Waals surface area contributed by atoms with E-state index >= 15 is 0 Å². The van der Waals surface area contributed by atoms with Gasteiger partial charge in [0.1, 0.15) is 18.1 Å². The lowest BCUT2D eigenvalue weighted by molar-refractivity contribution is -0.117. The summed E-state index contributed by atoms with van der Waals surface area (Å²) in [4.78, 5) is 24.5. The number of nitrogen functional groups attached to an aromatic ring is 1. The normalized spacial score (nSPS) is 15.9. The van der Waals surface area contributed by atoms with Gasteiger partial charge in [0.15, 0.2) is 17.5 Å². The molecule has 1 aliphatic rings. The van der Waals surface area contributed by atoms with Gasteiger partial charge in [-0.3, -0.25) is 4.79 Å². The average Bonchev–Trinajstić information content (AvgIpc) is 3.32. The summed E-state index contributed by atoms with van der Waals surface area (Å²) >= 11 is 1.22. The number of nitrogens with zero attached hydrogens (tertiary/aromatic N) is 3. The molecule has 9 nitrogen and oxygen atoms in total. The summed E-state index contributed by atoms with van der Waals surface area (Å²) < 4.78 is 5.62. The first kappa shape index (κ1) is 30.6. The van der Waals surface area contributed by atoms with Crippen LogP contribution in [-0.2, 0) is 9.63 Å². The van der Waals surface area contributed by atoms with Gasteiger partial charge in [-0.2, -0.15) is 0 Å². The SMILES string of the molecule is C=C1[C@@H](NC(=O)/C(=N\OCCOc2ccc(C(C)=N)cc2)c2csc(N)n2)C(C)(C)N1C.CC.CC. The Morgan fingerprint density at radius 2 is 1.86 bits per heavy atom. The topological polar surface area (TPSA) is 126 Å². The lowest BCUT2D eigenvalue weighted by Crippen LogP contribution is -2.69. The predicted octanol–water partition coefficient (Wildman–Crippen LogP) is 4.69. The number of likely N-dealkylation sites (N-methyl/N-ethyl adjacent to an activating group) is 1. The molecule has 0 spiro atoms. The van der Waals surface area contributed by atoms with Crippen molar-refractivity contribution >= 4 is 33.8 Å². The summed E-state index contributed by atoms with van der Waals surface area (Å²) in [5.74, 6) is 0.240. The quantitative estimate of drug-likeness (QED) is 0.252. The van der Waals surface area contributed by atoms with Crippen molar-refractivity contribution in [1.82, 2.24) is 15.2 Å². The first-order valence-corrected chi connectivity index (χ1v) is 12.9. The maximum Gasteiger partial charge on any atom is 0.276 e. The van der Waals surface area contributed by atoms with E-state index in [2.05, 4.69) is 22.0 Å². The molecule has 198 valence electrons. The number of thiazole rings is 1. The zero-order valence-electron chi connectivity index (χ0n) is 22.6. The zero-order valence-corrected chi connectivity index (χ0v) is 23.5. The lowest BCUT2D eigenvalue weighted by Gasteiger charge is -2.56. The molecule has 0 bridgehead atoms. The molecule has 1 aliphatic heterocycles. The van der Waals surface area contributed by atoms with E-state index in [0.717, 1.165) is 11.3 Å². The van der Waals surface area contributed by atoms with Gasteiger partial charge in [-0.05, 0) is 50.6 Å². The molecule has 1 atom stereocenters. The summed E-state index contributed by atoms with van der Waals surface area (Å²) in [5, 5.41) is 16.6. The van der Waals surface area contributed by atoms with Crippen LogP contribution in [-0.4, -0.2) is 59.1 Å². The fourth-order valence-electron chi connectivity index (χ4n) is 3.27. The third-order valence-corrected chi connectivity index (χ3v) is 6.15.